The molecule has 1 aromatic rings. The van der Waals surface area contributed by atoms with Crippen LogP contribution in [0.5, 0.6) is 0 Å². The van der Waals surface area contributed by atoms with Gasteiger partial charge in [0, 0.05) is 13.0 Å². The first-order valence-electron chi connectivity index (χ1n) is 4.28. The number of nitrogens with zero attached hydrogens (tertiary/aromatic N) is 1. The van der Waals surface area contributed by atoms with Gasteiger partial charge in [-0.3, -0.25) is 0 Å². The third-order valence-electron chi connectivity index (χ3n) is 1.68. The molecule has 1 N–H and O–H groups in total. The summed E-state index contributed by atoms with van der Waals surface area (Å²) in [7, 11) is 1.53. The lowest BCUT2D eigenvalue weighted by atomic mass is 10.2. The molecule has 1 rings (SSSR count). The van der Waals surface area contributed by atoms with Crippen LogP contribution in [0.2, 0.25) is 0 Å². The lowest BCUT2D eigenvalue weighted by Gasteiger charge is -1.96. The maximum absolute atomic E-state index is 10.8. The van der Waals surface area contributed by atoms with E-state index in [4.69, 9.17) is 9.84 Å². The topological polar surface area (TPSA) is 59.4 Å². The molecular weight excluding hydrogens is 202 g/mol. The minimum absolute atomic E-state index is 0.253. The van der Waals surface area contributed by atoms with Gasteiger partial charge in [0.25, 0.3) is 0 Å². The van der Waals surface area contributed by atoms with Crippen LogP contribution in [0, 0.1) is 0 Å². The average molecular weight is 215 g/mol. The van der Waals surface area contributed by atoms with Crippen molar-refractivity contribution in [2.75, 3.05) is 7.11 Å². The minimum Gasteiger partial charge on any atom is -0.477 e. The van der Waals surface area contributed by atoms with E-state index in [0.29, 0.717) is 5.69 Å². The summed E-state index contributed by atoms with van der Waals surface area (Å²) in [5, 5.41) is 9.74. The number of carboxylic acids is 1. The Morgan fingerprint density at radius 1 is 1.64 bits per heavy atom. The van der Waals surface area contributed by atoms with Crippen LogP contribution in [-0.2, 0) is 11.3 Å². The zero-order valence-electron chi connectivity index (χ0n) is 8.40. The minimum atomic E-state index is -0.929. The highest BCUT2D eigenvalue weighted by Crippen LogP contribution is 2.25. The molecule has 14 heavy (non-hydrogen) atoms. The molecule has 0 saturated heterocycles. The molecule has 1 aromatic heterocycles. The molecule has 1 heterocycles. The van der Waals surface area contributed by atoms with Gasteiger partial charge in [-0.15, -0.1) is 11.3 Å². The third kappa shape index (κ3) is 2.30. The first kappa shape index (κ1) is 11.1. The molecule has 78 valence electrons. The number of rotatable bonds is 4. The molecule has 0 aliphatic rings. The Morgan fingerprint density at radius 2 is 2.29 bits per heavy atom. The smallest absolute Gasteiger partial charge is 0.347 e. The van der Waals surface area contributed by atoms with Crippen molar-refractivity contribution in [1.29, 1.82) is 0 Å². The second-order valence-corrected chi connectivity index (χ2v) is 4.25. The molecule has 0 unspecified atom stereocenters. The fourth-order valence-electron chi connectivity index (χ4n) is 1.02. The third-order valence-corrected chi connectivity index (χ3v) is 3.07. The number of hydrogen-bond acceptors (Lipinski definition) is 4. The van der Waals surface area contributed by atoms with Crippen LogP contribution in [0.4, 0.5) is 0 Å². The van der Waals surface area contributed by atoms with Crippen molar-refractivity contribution in [1.82, 2.24) is 4.98 Å². The number of aromatic nitrogens is 1. The maximum Gasteiger partial charge on any atom is 0.347 e. The summed E-state index contributed by atoms with van der Waals surface area (Å²) in [5.41, 5.74) is 0.522. The van der Waals surface area contributed by atoms with Gasteiger partial charge in [0.15, 0.2) is 0 Å². The Morgan fingerprint density at radius 3 is 2.71 bits per heavy atom. The van der Waals surface area contributed by atoms with Crippen molar-refractivity contribution in [3.63, 3.8) is 0 Å². The van der Waals surface area contributed by atoms with E-state index in [9.17, 15) is 4.79 Å². The molecule has 0 saturated carbocycles. The van der Waals surface area contributed by atoms with Gasteiger partial charge >= 0.3 is 5.97 Å². The highest BCUT2D eigenvalue weighted by atomic mass is 32.1. The van der Waals surface area contributed by atoms with E-state index < -0.39 is 5.97 Å². The predicted molar refractivity (Wildman–Crippen MR) is 53.9 cm³/mol. The predicted octanol–water partition coefficient (Wildman–Crippen LogP) is 2.11. The molecule has 5 heteroatoms. The summed E-state index contributed by atoms with van der Waals surface area (Å²) >= 11 is 1.22. The van der Waals surface area contributed by atoms with E-state index >= 15 is 0 Å². The number of aromatic carboxylic acids is 1. The van der Waals surface area contributed by atoms with Crippen molar-refractivity contribution in [3.8, 4) is 0 Å². The Balaban J connectivity index is 3.05. The second-order valence-electron chi connectivity index (χ2n) is 3.22. The van der Waals surface area contributed by atoms with Gasteiger partial charge < -0.3 is 9.84 Å². The molecule has 0 aromatic carbocycles. The molecule has 0 radical (unpaired) electrons. The van der Waals surface area contributed by atoms with E-state index in [1.165, 1.54) is 18.4 Å². The number of thiazole rings is 1. The summed E-state index contributed by atoms with van der Waals surface area (Å²) < 4.78 is 4.89. The molecule has 0 aliphatic carbocycles. The molecule has 0 spiro atoms. The molecule has 0 fully saturated rings. The molecular formula is C9H13NO3S. The van der Waals surface area contributed by atoms with Crippen LogP contribution in [-0.4, -0.2) is 23.2 Å². The van der Waals surface area contributed by atoms with Crippen LogP contribution in [0.15, 0.2) is 0 Å². The van der Waals surface area contributed by atoms with Crippen molar-refractivity contribution in [2.24, 2.45) is 0 Å². The lowest BCUT2D eigenvalue weighted by Crippen LogP contribution is -1.99. The van der Waals surface area contributed by atoms with Crippen molar-refractivity contribution in [3.05, 3.63) is 15.6 Å². The summed E-state index contributed by atoms with van der Waals surface area (Å²) in [5.74, 6) is -0.676. The molecule has 0 aliphatic heterocycles. The summed E-state index contributed by atoms with van der Waals surface area (Å²) in [4.78, 5) is 15.4. The number of methoxy groups -OCH3 is 1. The van der Waals surface area contributed by atoms with Gasteiger partial charge in [-0.1, -0.05) is 13.8 Å². The van der Waals surface area contributed by atoms with Crippen LogP contribution >= 0.6 is 11.3 Å². The van der Waals surface area contributed by atoms with Crippen LogP contribution in [0.1, 0.15) is 40.1 Å². The SMILES string of the molecule is COCc1nc(C(C)C)sc1C(=O)O. The molecule has 0 bridgehead atoms. The first-order chi connectivity index (χ1) is 6.56. The Kier molecular flexibility index (Phi) is 3.60. The fraction of sp³-hybridized carbons (Fsp3) is 0.556. The van der Waals surface area contributed by atoms with E-state index in [0.717, 1.165) is 5.01 Å². The van der Waals surface area contributed by atoms with Gasteiger partial charge in [-0.2, -0.15) is 0 Å². The van der Waals surface area contributed by atoms with E-state index in [2.05, 4.69) is 4.98 Å². The Bertz CT molecular complexity index is 333. The summed E-state index contributed by atoms with van der Waals surface area (Å²) in [6.07, 6.45) is 0. The number of carbonyl (C=O) groups is 1. The normalized spacial score (nSPS) is 10.9. The van der Waals surface area contributed by atoms with Crippen molar-refractivity contribution >= 4 is 17.3 Å². The van der Waals surface area contributed by atoms with Gasteiger partial charge in [-0.05, 0) is 0 Å². The Hall–Kier alpha value is -0.940. The average Bonchev–Trinajstić information content (AvgIpc) is 2.49. The molecule has 4 nitrogen and oxygen atoms in total. The number of carboxylic acid groups (broad SMARTS) is 1. The lowest BCUT2D eigenvalue weighted by molar-refractivity contribution is 0.0697. The standard InChI is InChI=1S/C9H13NO3S/c1-5(2)8-10-6(4-13-3)7(14-8)9(11)12/h5H,4H2,1-3H3,(H,11,12). The second kappa shape index (κ2) is 4.52. The number of hydrogen-bond donors (Lipinski definition) is 1. The van der Waals surface area contributed by atoms with Crippen LogP contribution in [0.3, 0.4) is 0 Å². The van der Waals surface area contributed by atoms with E-state index in [-0.39, 0.29) is 17.4 Å². The molecule has 0 atom stereocenters. The fourth-order valence-corrected chi connectivity index (χ4v) is 1.93. The first-order valence-corrected chi connectivity index (χ1v) is 5.09. The highest BCUT2D eigenvalue weighted by Gasteiger charge is 2.18. The molecule has 0 amide bonds. The van der Waals surface area contributed by atoms with Crippen LogP contribution < -0.4 is 0 Å². The van der Waals surface area contributed by atoms with Gasteiger partial charge in [0.1, 0.15) is 4.88 Å². The summed E-state index contributed by atoms with van der Waals surface area (Å²) in [6, 6.07) is 0. The highest BCUT2D eigenvalue weighted by molar-refractivity contribution is 7.13. The van der Waals surface area contributed by atoms with Crippen molar-refractivity contribution < 1.29 is 14.6 Å². The van der Waals surface area contributed by atoms with Crippen molar-refractivity contribution in [2.45, 2.75) is 26.4 Å². The Labute approximate surface area is 86.6 Å². The largest absolute Gasteiger partial charge is 0.477 e. The van der Waals surface area contributed by atoms with Gasteiger partial charge in [0.05, 0.1) is 17.3 Å². The zero-order chi connectivity index (χ0) is 10.7. The van der Waals surface area contributed by atoms with Crippen LogP contribution in [0.25, 0.3) is 0 Å². The number of ether oxygens (including phenoxy) is 1. The van der Waals surface area contributed by atoms with Gasteiger partial charge in [-0.25, -0.2) is 9.78 Å². The maximum atomic E-state index is 10.8. The quantitative estimate of drug-likeness (QED) is 0.835. The monoisotopic (exact) mass is 215 g/mol. The van der Waals surface area contributed by atoms with E-state index in [1.54, 1.807) is 0 Å². The van der Waals surface area contributed by atoms with E-state index in [1.807, 2.05) is 13.8 Å². The summed E-state index contributed by atoms with van der Waals surface area (Å²) in [6.45, 7) is 4.23. The zero-order valence-corrected chi connectivity index (χ0v) is 9.22. The van der Waals surface area contributed by atoms with Gasteiger partial charge in [0.2, 0.25) is 0 Å².